The van der Waals surface area contributed by atoms with E-state index in [1.54, 1.807) is 48.2 Å². The van der Waals surface area contributed by atoms with Gasteiger partial charge in [-0.05, 0) is 42.8 Å². The molecule has 0 radical (unpaired) electrons. The first-order valence-corrected chi connectivity index (χ1v) is 13.6. The first-order valence-electron chi connectivity index (χ1n) is 13.6. The number of aromatic hydroxyl groups is 2. The summed E-state index contributed by atoms with van der Waals surface area (Å²) >= 11 is 0. The Morgan fingerprint density at radius 1 is 0.757 bits per heavy atom. The highest BCUT2D eigenvalue weighted by atomic mass is 16.3. The predicted molar refractivity (Wildman–Crippen MR) is 152 cm³/mol. The topological polar surface area (TPSA) is 89.9 Å². The van der Waals surface area contributed by atoms with Gasteiger partial charge in [-0.1, -0.05) is 82.9 Å². The van der Waals surface area contributed by atoms with E-state index in [1.807, 2.05) is 6.07 Å². The summed E-state index contributed by atoms with van der Waals surface area (Å²) in [6.45, 7) is 4.42. The van der Waals surface area contributed by atoms with Crippen LogP contribution in [0.1, 0.15) is 88.4 Å². The number of fused-ring (bicyclic) bond motifs is 1. The number of hydrogen-bond acceptors (Lipinski definition) is 4. The molecule has 0 saturated carbocycles. The number of anilines is 2. The Morgan fingerprint density at radius 3 is 2.00 bits per heavy atom. The number of carbonyl (C=O) groups is 2. The van der Waals surface area contributed by atoms with Crippen LogP contribution >= 0.6 is 0 Å². The van der Waals surface area contributed by atoms with E-state index in [0.29, 0.717) is 17.6 Å². The number of amides is 2. The fourth-order valence-corrected chi connectivity index (χ4v) is 4.69. The van der Waals surface area contributed by atoms with Gasteiger partial charge in [0.1, 0.15) is 11.5 Å². The number of hydrogen-bond donors (Lipinski definition) is 3. The third-order valence-corrected chi connectivity index (χ3v) is 6.79. The average molecular weight is 505 g/mol. The van der Waals surface area contributed by atoms with Crippen LogP contribution in [-0.4, -0.2) is 28.6 Å². The van der Waals surface area contributed by atoms with E-state index in [4.69, 9.17) is 0 Å². The molecule has 198 valence electrons. The molecule has 0 aliphatic rings. The third-order valence-electron chi connectivity index (χ3n) is 6.79. The molecule has 6 nitrogen and oxygen atoms in total. The minimum absolute atomic E-state index is 0.0444. The van der Waals surface area contributed by atoms with Gasteiger partial charge in [0, 0.05) is 29.9 Å². The second-order valence-electron chi connectivity index (χ2n) is 9.69. The smallest absolute Gasteiger partial charge is 0.259 e. The molecular weight excluding hydrogens is 464 g/mol. The lowest BCUT2D eigenvalue weighted by Crippen LogP contribution is -2.29. The van der Waals surface area contributed by atoms with Crippen molar-refractivity contribution in [2.75, 3.05) is 16.8 Å². The lowest BCUT2D eigenvalue weighted by Gasteiger charge is -2.23. The van der Waals surface area contributed by atoms with Gasteiger partial charge < -0.3 is 20.4 Å². The summed E-state index contributed by atoms with van der Waals surface area (Å²) in [7, 11) is 0. The van der Waals surface area contributed by atoms with Gasteiger partial charge in [0.05, 0.1) is 11.3 Å². The lowest BCUT2D eigenvalue weighted by molar-refractivity contribution is -0.116. The summed E-state index contributed by atoms with van der Waals surface area (Å²) in [5, 5.41) is 24.4. The number of benzene rings is 3. The van der Waals surface area contributed by atoms with Crippen molar-refractivity contribution in [1.29, 1.82) is 0 Å². The van der Waals surface area contributed by atoms with Crippen molar-refractivity contribution >= 4 is 34.0 Å². The Morgan fingerprint density at radius 2 is 1.38 bits per heavy atom. The normalized spacial score (nSPS) is 11.0. The SMILES string of the molecule is CCCCCCCCCCCCN(C(C)=O)c1cccc2c(O)c(C(=O)Nc3ccc(O)cc3)ccc12. The van der Waals surface area contributed by atoms with Crippen molar-refractivity contribution < 1.29 is 19.8 Å². The van der Waals surface area contributed by atoms with Crippen LogP contribution < -0.4 is 10.2 Å². The van der Waals surface area contributed by atoms with Gasteiger partial charge in [0.15, 0.2) is 0 Å². The summed E-state index contributed by atoms with van der Waals surface area (Å²) < 4.78 is 0. The van der Waals surface area contributed by atoms with Crippen LogP contribution in [0.5, 0.6) is 11.5 Å². The highest BCUT2D eigenvalue weighted by Crippen LogP contribution is 2.35. The second kappa shape index (κ2) is 14.3. The molecule has 0 aliphatic carbocycles. The maximum absolute atomic E-state index is 12.8. The van der Waals surface area contributed by atoms with Gasteiger partial charge in [-0.2, -0.15) is 0 Å². The molecule has 3 rings (SSSR count). The minimum Gasteiger partial charge on any atom is -0.508 e. The van der Waals surface area contributed by atoms with E-state index in [0.717, 1.165) is 23.9 Å². The molecule has 0 saturated heterocycles. The molecule has 0 fully saturated rings. The van der Waals surface area contributed by atoms with Crippen LogP contribution in [0, 0.1) is 0 Å². The number of phenols is 2. The molecular formula is C31H40N2O4. The number of nitrogens with zero attached hydrogens (tertiary/aromatic N) is 1. The van der Waals surface area contributed by atoms with Crippen molar-refractivity contribution in [3.05, 3.63) is 60.2 Å². The van der Waals surface area contributed by atoms with Crippen molar-refractivity contribution in [3.63, 3.8) is 0 Å². The highest BCUT2D eigenvalue weighted by molar-refractivity contribution is 6.12. The molecule has 0 atom stereocenters. The van der Waals surface area contributed by atoms with E-state index in [-0.39, 0.29) is 23.0 Å². The lowest BCUT2D eigenvalue weighted by atomic mass is 10.0. The van der Waals surface area contributed by atoms with Gasteiger partial charge >= 0.3 is 0 Å². The van der Waals surface area contributed by atoms with E-state index >= 15 is 0 Å². The summed E-state index contributed by atoms with van der Waals surface area (Å²) in [4.78, 5) is 27.1. The van der Waals surface area contributed by atoms with Crippen LogP contribution in [0.15, 0.2) is 54.6 Å². The number of carbonyl (C=O) groups excluding carboxylic acids is 2. The standard InChI is InChI=1S/C31H40N2O4/c1-3-4-5-6-7-8-9-10-11-12-22-33(23(2)34)29-15-13-14-27-26(29)20-21-28(30(27)36)31(37)32-24-16-18-25(35)19-17-24/h13-21,35-36H,3-12,22H2,1-2H3,(H,32,37). The van der Waals surface area contributed by atoms with Gasteiger partial charge in [-0.25, -0.2) is 0 Å². The molecule has 3 aromatic rings. The predicted octanol–water partition coefficient (Wildman–Crippen LogP) is 7.78. The fourth-order valence-electron chi connectivity index (χ4n) is 4.69. The molecule has 0 spiro atoms. The molecule has 0 heterocycles. The zero-order valence-corrected chi connectivity index (χ0v) is 22.1. The molecule has 3 aromatic carbocycles. The Hall–Kier alpha value is -3.54. The zero-order chi connectivity index (χ0) is 26.6. The molecule has 37 heavy (non-hydrogen) atoms. The van der Waals surface area contributed by atoms with Crippen molar-refractivity contribution in [2.45, 2.75) is 78.1 Å². The number of nitrogens with one attached hydrogen (secondary N) is 1. The number of unbranched alkanes of at least 4 members (excludes halogenated alkanes) is 9. The van der Waals surface area contributed by atoms with E-state index in [1.165, 1.54) is 63.5 Å². The molecule has 0 aromatic heterocycles. The Labute approximate surface area is 220 Å². The van der Waals surface area contributed by atoms with Crippen LogP contribution in [-0.2, 0) is 4.79 Å². The average Bonchev–Trinajstić information content (AvgIpc) is 2.88. The Kier molecular flexibility index (Phi) is 10.8. The maximum atomic E-state index is 12.8. The fraction of sp³-hybridized carbons (Fsp3) is 0.419. The summed E-state index contributed by atoms with van der Waals surface area (Å²) in [6, 6.07) is 14.9. The highest BCUT2D eigenvalue weighted by Gasteiger charge is 2.19. The Balaban J connectivity index is 1.64. The van der Waals surface area contributed by atoms with Gasteiger partial charge in [-0.3, -0.25) is 9.59 Å². The molecule has 0 bridgehead atoms. The summed E-state index contributed by atoms with van der Waals surface area (Å²) in [5.41, 5.74) is 1.39. The maximum Gasteiger partial charge on any atom is 0.259 e. The van der Waals surface area contributed by atoms with Crippen LogP contribution in [0.3, 0.4) is 0 Å². The molecule has 2 amide bonds. The van der Waals surface area contributed by atoms with E-state index < -0.39 is 5.91 Å². The quantitative estimate of drug-likeness (QED) is 0.154. The largest absolute Gasteiger partial charge is 0.508 e. The first-order chi connectivity index (χ1) is 17.9. The Bertz CT molecular complexity index is 1170. The van der Waals surface area contributed by atoms with E-state index in [9.17, 15) is 19.8 Å². The molecule has 3 N–H and O–H groups in total. The number of phenolic OH excluding ortho intramolecular Hbond substituents is 2. The van der Waals surface area contributed by atoms with Crippen molar-refractivity contribution in [3.8, 4) is 11.5 Å². The van der Waals surface area contributed by atoms with Crippen molar-refractivity contribution in [1.82, 2.24) is 0 Å². The minimum atomic E-state index is -0.454. The van der Waals surface area contributed by atoms with Gasteiger partial charge in [0.2, 0.25) is 5.91 Å². The van der Waals surface area contributed by atoms with Crippen LogP contribution in [0.2, 0.25) is 0 Å². The molecule has 0 unspecified atom stereocenters. The number of rotatable bonds is 14. The first kappa shape index (κ1) is 28.0. The summed E-state index contributed by atoms with van der Waals surface area (Å²) in [5.74, 6) is -0.522. The van der Waals surface area contributed by atoms with Crippen molar-refractivity contribution in [2.24, 2.45) is 0 Å². The zero-order valence-electron chi connectivity index (χ0n) is 22.1. The molecule has 6 heteroatoms. The van der Waals surface area contributed by atoms with Gasteiger partial charge in [0.25, 0.3) is 5.91 Å². The summed E-state index contributed by atoms with van der Waals surface area (Å²) in [6.07, 6.45) is 12.3. The molecule has 0 aliphatic heterocycles. The monoisotopic (exact) mass is 504 g/mol. The van der Waals surface area contributed by atoms with E-state index in [2.05, 4.69) is 12.2 Å². The third kappa shape index (κ3) is 7.97. The van der Waals surface area contributed by atoms with Crippen LogP contribution in [0.4, 0.5) is 11.4 Å². The van der Waals surface area contributed by atoms with Gasteiger partial charge in [-0.15, -0.1) is 0 Å². The van der Waals surface area contributed by atoms with Crippen LogP contribution in [0.25, 0.3) is 10.8 Å². The second-order valence-corrected chi connectivity index (χ2v) is 9.69.